The molecule has 76 valence electrons. The molecule has 0 aromatic heterocycles. The Hall–Kier alpha value is 0.590. The van der Waals surface area contributed by atoms with Crippen molar-refractivity contribution in [2.45, 2.75) is 48.4 Å². The van der Waals surface area contributed by atoms with Gasteiger partial charge in [-0.05, 0) is 27.7 Å². The lowest BCUT2D eigenvalue weighted by molar-refractivity contribution is -0.122. The molecule has 1 saturated heterocycles. The number of piperidine rings is 1. The average Bonchev–Trinajstić information content (AvgIpc) is 1.96. The van der Waals surface area contributed by atoms with Gasteiger partial charge in [-0.1, -0.05) is 31.9 Å². The smallest absolute Gasteiger partial charge is 0.163 e. The molecule has 0 amide bonds. The molecular formula is C9H15Br2NO. The van der Waals surface area contributed by atoms with E-state index in [1.165, 1.54) is 0 Å². The maximum atomic E-state index is 11.8. The number of rotatable bonds is 0. The lowest BCUT2D eigenvalue weighted by Gasteiger charge is -2.47. The summed E-state index contributed by atoms with van der Waals surface area (Å²) in [7, 11) is 0. The van der Waals surface area contributed by atoms with E-state index in [4.69, 9.17) is 0 Å². The number of carbonyl (C=O) groups is 1. The van der Waals surface area contributed by atoms with Gasteiger partial charge in [0, 0.05) is 11.1 Å². The number of halogens is 2. The molecule has 0 bridgehead atoms. The van der Waals surface area contributed by atoms with Gasteiger partial charge in [-0.3, -0.25) is 4.79 Å². The number of alkyl halides is 2. The van der Waals surface area contributed by atoms with Gasteiger partial charge in [0.1, 0.15) is 0 Å². The Morgan fingerprint density at radius 2 is 1.38 bits per heavy atom. The van der Waals surface area contributed by atoms with E-state index in [2.05, 4.69) is 37.2 Å². The summed E-state index contributed by atoms with van der Waals surface area (Å²) in [6.07, 6.45) is 0. The van der Waals surface area contributed by atoms with Crippen molar-refractivity contribution in [1.82, 2.24) is 5.32 Å². The van der Waals surface area contributed by atoms with Crippen molar-refractivity contribution in [2.24, 2.45) is 0 Å². The molecule has 1 fully saturated rings. The highest BCUT2D eigenvalue weighted by Crippen LogP contribution is 2.34. The van der Waals surface area contributed by atoms with Crippen molar-refractivity contribution in [3.8, 4) is 0 Å². The highest BCUT2D eigenvalue weighted by atomic mass is 79.9. The fourth-order valence-electron chi connectivity index (χ4n) is 1.80. The summed E-state index contributed by atoms with van der Waals surface area (Å²) < 4.78 is 0. The second kappa shape index (κ2) is 3.31. The molecule has 1 N–H and O–H groups in total. The molecule has 0 aromatic carbocycles. The normalized spacial score (nSPS) is 37.5. The molecule has 4 heteroatoms. The molecule has 0 unspecified atom stereocenters. The first kappa shape index (κ1) is 11.7. The van der Waals surface area contributed by atoms with Gasteiger partial charge in [-0.15, -0.1) is 0 Å². The zero-order chi connectivity index (χ0) is 10.4. The summed E-state index contributed by atoms with van der Waals surface area (Å²) in [6, 6.07) is 0. The quantitative estimate of drug-likeness (QED) is 0.695. The van der Waals surface area contributed by atoms with Gasteiger partial charge in [0.2, 0.25) is 0 Å². The molecule has 1 aliphatic heterocycles. The molecule has 0 aliphatic carbocycles. The third kappa shape index (κ3) is 2.00. The van der Waals surface area contributed by atoms with Crippen molar-refractivity contribution in [2.75, 3.05) is 0 Å². The lowest BCUT2D eigenvalue weighted by atomic mass is 9.82. The van der Waals surface area contributed by atoms with Crippen LogP contribution in [0.4, 0.5) is 0 Å². The van der Waals surface area contributed by atoms with E-state index in [9.17, 15) is 4.79 Å². The average molecular weight is 313 g/mol. The van der Waals surface area contributed by atoms with Gasteiger partial charge >= 0.3 is 0 Å². The fraction of sp³-hybridized carbons (Fsp3) is 0.889. The summed E-state index contributed by atoms with van der Waals surface area (Å²) in [6.45, 7) is 8.13. The Morgan fingerprint density at radius 3 is 1.69 bits per heavy atom. The van der Waals surface area contributed by atoms with Crippen LogP contribution in [-0.4, -0.2) is 26.5 Å². The summed E-state index contributed by atoms with van der Waals surface area (Å²) in [5, 5.41) is 3.45. The first-order valence-corrected chi connectivity index (χ1v) is 6.13. The Morgan fingerprint density at radius 1 is 1.08 bits per heavy atom. The van der Waals surface area contributed by atoms with Crippen LogP contribution < -0.4 is 5.32 Å². The second-order valence-corrected chi connectivity index (χ2v) is 6.53. The van der Waals surface area contributed by atoms with E-state index in [0.29, 0.717) is 0 Å². The second-order valence-electron chi connectivity index (χ2n) is 4.70. The monoisotopic (exact) mass is 311 g/mol. The number of ketones is 1. The van der Waals surface area contributed by atoms with Gasteiger partial charge in [-0.25, -0.2) is 0 Å². The van der Waals surface area contributed by atoms with E-state index in [1.54, 1.807) is 0 Å². The summed E-state index contributed by atoms with van der Waals surface area (Å²) in [5.74, 6) is 0.216. The van der Waals surface area contributed by atoms with Crippen LogP contribution in [0.5, 0.6) is 0 Å². The standard InChI is InChI=1S/C9H15Br2NO/c1-8(2)6(10)5(13)7(11)9(3,4)12-8/h6-7,12H,1-4H3/t6-,7-/m1/s1. The Bertz CT molecular complexity index is 216. The van der Waals surface area contributed by atoms with Gasteiger partial charge in [0.25, 0.3) is 0 Å². The molecular weight excluding hydrogens is 298 g/mol. The zero-order valence-electron chi connectivity index (χ0n) is 8.32. The van der Waals surface area contributed by atoms with Crippen molar-refractivity contribution in [3.63, 3.8) is 0 Å². The van der Waals surface area contributed by atoms with Crippen LogP contribution >= 0.6 is 31.9 Å². The van der Waals surface area contributed by atoms with Crippen LogP contribution in [0.1, 0.15) is 27.7 Å². The highest BCUT2D eigenvalue weighted by molar-refractivity contribution is 9.10. The van der Waals surface area contributed by atoms with Crippen molar-refractivity contribution < 1.29 is 4.79 Å². The molecule has 13 heavy (non-hydrogen) atoms. The van der Waals surface area contributed by atoms with Crippen LogP contribution in [0.15, 0.2) is 0 Å². The molecule has 0 radical (unpaired) electrons. The summed E-state index contributed by atoms with van der Waals surface area (Å²) >= 11 is 6.85. The number of nitrogens with one attached hydrogen (secondary N) is 1. The fourth-order valence-corrected chi connectivity index (χ4v) is 2.91. The first-order chi connectivity index (χ1) is 5.68. The largest absolute Gasteiger partial charge is 0.304 e. The van der Waals surface area contributed by atoms with E-state index < -0.39 is 0 Å². The van der Waals surface area contributed by atoms with Gasteiger partial charge in [-0.2, -0.15) is 0 Å². The molecule has 0 aromatic rings. The predicted molar refractivity (Wildman–Crippen MR) is 61.7 cm³/mol. The SMILES string of the molecule is CC1(C)NC(C)(C)[C@H](Br)C(=O)[C@H]1Br. The topological polar surface area (TPSA) is 29.1 Å². The van der Waals surface area contributed by atoms with Crippen LogP contribution in [0.2, 0.25) is 0 Å². The Kier molecular flexibility index (Phi) is 2.97. The van der Waals surface area contributed by atoms with Crippen LogP contribution in [0.25, 0.3) is 0 Å². The molecule has 0 saturated carbocycles. The maximum absolute atomic E-state index is 11.8. The third-order valence-electron chi connectivity index (χ3n) is 2.41. The van der Waals surface area contributed by atoms with Gasteiger partial charge in [0.05, 0.1) is 9.65 Å². The van der Waals surface area contributed by atoms with Crippen molar-refractivity contribution in [3.05, 3.63) is 0 Å². The molecule has 1 rings (SSSR count). The van der Waals surface area contributed by atoms with E-state index in [1.807, 2.05) is 27.7 Å². The zero-order valence-corrected chi connectivity index (χ0v) is 11.5. The Labute approximate surface area is 96.1 Å². The minimum Gasteiger partial charge on any atom is -0.304 e. The molecule has 1 heterocycles. The molecule has 2 atom stereocenters. The highest BCUT2D eigenvalue weighted by Gasteiger charge is 2.49. The molecule has 1 aliphatic rings. The number of hydrogen-bond acceptors (Lipinski definition) is 2. The minimum absolute atomic E-state index is 0.127. The number of Topliss-reactive ketones (excluding diaryl/α,β-unsaturated/α-hetero) is 1. The van der Waals surface area contributed by atoms with Gasteiger partial charge < -0.3 is 5.32 Å². The van der Waals surface area contributed by atoms with E-state index >= 15 is 0 Å². The van der Waals surface area contributed by atoms with Crippen LogP contribution in [0.3, 0.4) is 0 Å². The van der Waals surface area contributed by atoms with E-state index in [-0.39, 0.29) is 26.5 Å². The van der Waals surface area contributed by atoms with E-state index in [0.717, 1.165) is 0 Å². The minimum atomic E-state index is -0.190. The van der Waals surface area contributed by atoms with Crippen LogP contribution in [0, 0.1) is 0 Å². The lowest BCUT2D eigenvalue weighted by Crippen LogP contribution is -2.69. The van der Waals surface area contributed by atoms with Crippen LogP contribution in [-0.2, 0) is 4.79 Å². The molecule has 0 spiro atoms. The number of carbonyl (C=O) groups excluding carboxylic acids is 1. The predicted octanol–water partition coefficient (Wildman–Crippen LogP) is 2.24. The Balaban J connectivity index is 3.00. The number of hydrogen-bond donors (Lipinski definition) is 1. The van der Waals surface area contributed by atoms with Crippen molar-refractivity contribution in [1.29, 1.82) is 0 Å². The molecule has 2 nitrogen and oxygen atoms in total. The summed E-state index contributed by atoms with van der Waals surface area (Å²) in [4.78, 5) is 11.6. The first-order valence-electron chi connectivity index (χ1n) is 4.30. The third-order valence-corrected chi connectivity index (χ3v) is 5.60. The van der Waals surface area contributed by atoms with Gasteiger partial charge in [0.15, 0.2) is 5.78 Å². The van der Waals surface area contributed by atoms with Crippen molar-refractivity contribution >= 4 is 37.6 Å². The summed E-state index contributed by atoms with van der Waals surface area (Å²) in [5.41, 5.74) is -0.379. The maximum Gasteiger partial charge on any atom is 0.163 e.